The van der Waals surface area contributed by atoms with Crippen molar-refractivity contribution in [2.45, 2.75) is 0 Å². The Hall–Kier alpha value is -1.85. The molecule has 0 amide bonds. The van der Waals surface area contributed by atoms with Crippen LogP contribution in [0.3, 0.4) is 0 Å². The molecule has 23 heavy (non-hydrogen) atoms. The van der Waals surface area contributed by atoms with E-state index in [-0.39, 0.29) is 0 Å². The first-order valence-electron chi connectivity index (χ1n) is 7.64. The lowest BCUT2D eigenvalue weighted by Gasteiger charge is -2.36. The minimum atomic E-state index is 0.690. The number of nitrogens with zero attached hydrogens (tertiary/aromatic N) is 3. The summed E-state index contributed by atoms with van der Waals surface area (Å²) in [6.07, 6.45) is 1.89. The predicted octanol–water partition coefficient (Wildman–Crippen LogP) is 3.77. The summed E-state index contributed by atoms with van der Waals surface area (Å²) in [5, 5.41) is 0. The molecule has 1 fully saturated rings. The molecule has 2 aromatic rings. The van der Waals surface area contributed by atoms with Gasteiger partial charge >= 0.3 is 0 Å². The van der Waals surface area contributed by atoms with Crippen LogP contribution in [-0.2, 0) is 0 Å². The molecule has 1 aliphatic rings. The molecule has 118 valence electrons. The van der Waals surface area contributed by atoms with E-state index in [0.29, 0.717) is 4.32 Å². The van der Waals surface area contributed by atoms with Crippen molar-refractivity contribution in [3.63, 3.8) is 0 Å². The summed E-state index contributed by atoms with van der Waals surface area (Å²) in [4.78, 5) is 9.02. The normalized spacial score (nSPS) is 15.2. The summed E-state index contributed by atoms with van der Waals surface area (Å²) in [5.41, 5.74) is 3.30. The van der Waals surface area contributed by atoms with Crippen molar-refractivity contribution >= 4 is 46.8 Å². The molecule has 0 aromatic heterocycles. The van der Waals surface area contributed by atoms with Gasteiger partial charge in [0.2, 0.25) is 0 Å². The highest BCUT2D eigenvalue weighted by atomic mass is 32.1. The summed E-state index contributed by atoms with van der Waals surface area (Å²) in [7, 11) is 0. The van der Waals surface area contributed by atoms with Crippen LogP contribution in [0.1, 0.15) is 5.56 Å². The van der Waals surface area contributed by atoms with Crippen molar-refractivity contribution in [3.05, 3.63) is 60.2 Å². The molecule has 0 aliphatic carbocycles. The Kier molecular flexibility index (Phi) is 5.31. The standard InChI is InChI=1S/C18H19N3S2/c22-18(23)21-12-10-20(11-13-21)17-8-6-16(7-9-17)19-14-15-4-2-1-3-5-15/h1-9,14H,10-13H2,(H,22,23). The third-order valence-electron chi connectivity index (χ3n) is 3.93. The highest BCUT2D eigenvalue weighted by molar-refractivity contribution is 8.10. The second-order valence-electron chi connectivity index (χ2n) is 5.44. The van der Waals surface area contributed by atoms with Crippen molar-refractivity contribution in [1.29, 1.82) is 0 Å². The Balaban J connectivity index is 1.61. The van der Waals surface area contributed by atoms with Gasteiger partial charge in [-0.2, -0.15) is 0 Å². The molecule has 0 saturated carbocycles. The van der Waals surface area contributed by atoms with E-state index in [0.717, 1.165) is 37.4 Å². The zero-order chi connectivity index (χ0) is 16.1. The number of rotatable bonds is 3. The summed E-state index contributed by atoms with van der Waals surface area (Å²) in [5.74, 6) is 0. The molecular weight excluding hydrogens is 322 g/mol. The van der Waals surface area contributed by atoms with Crippen LogP contribution in [-0.4, -0.2) is 41.6 Å². The van der Waals surface area contributed by atoms with Gasteiger partial charge < -0.3 is 9.80 Å². The molecule has 3 rings (SSSR count). The summed E-state index contributed by atoms with van der Waals surface area (Å²) < 4.78 is 0.690. The van der Waals surface area contributed by atoms with Gasteiger partial charge in [0.05, 0.1) is 5.69 Å². The zero-order valence-corrected chi connectivity index (χ0v) is 14.5. The fraction of sp³-hybridized carbons (Fsp3) is 0.222. The van der Waals surface area contributed by atoms with E-state index < -0.39 is 0 Å². The summed E-state index contributed by atoms with van der Waals surface area (Å²) >= 11 is 9.36. The molecule has 0 radical (unpaired) electrons. The third-order valence-corrected chi connectivity index (χ3v) is 4.47. The maximum Gasteiger partial charge on any atom is 0.133 e. The largest absolute Gasteiger partial charge is 0.368 e. The number of aliphatic imine (C=N–C) groups is 1. The topological polar surface area (TPSA) is 18.8 Å². The first-order chi connectivity index (χ1) is 11.2. The molecule has 3 nitrogen and oxygen atoms in total. The van der Waals surface area contributed by atoms with Crippen LogP contribution in [0, 0.1) is 0 Å². The van der Waals surface area contributed by atoms with E-state index in [9.17, 15) is 0 Å². The Bertz CT molecular complexity index is 675. The Morgan fingerprint density at radius 3 is 2.22 bits per heavy atom. The lowest BCUT2D eigenvalue weighted by atomic mass is 10.2. The number of thiocarbonyl (C=S) groups is 1. The highest BCUT2D eigenvalue weighted by Crippen LogP contribution is 2.21. The van der Waals surface area contributed by atoms with Gasteiger partial charge in [0.1, 0.15) is 4.32 Å². The third kappa shape index (κ3) is 4.33. The minimum Gasteiger partial charge on any atom is -0.368 e. The highest BCUT2D eigenvalue weighted by Gasteiger charge is 2.17. The Labute approximate surface area is 148 Å². The van der Waals surface area contributed by atoms with E-state index in [2.05, 4.69) is 51.7 Å². The van der Waals surface area contributed by atoms with E-state index >= 15 is 0 Å². The van der Waals surface area contributed by atoms with E-state index in [4.69, 9.17) is 12.2 Å². The predicted molar refractivity (Wildman–Crippen MR) is 106 cm³/mol. The smallest absolute Gasteiger partial charge is 0.133 e. The second-order valence-corrected chi connectivity index (χ2v) is 6.55. The number of hydrogen-bond acceptors (Lipinski definition) is 3. The van der Waals surface area contributed by atoms with Gasteiger partial charge in [-0.3, -0.25) is 4.99 Å². The molecule has 0 bridgehead atoms. The summed E-state index contributed by atoms with van der Waals surface area (Å²) in [6.45, 7) is 3.78. The molecule has 2 aromatic carbocycles. The fourth-order valence-electron chi connectivity index (χ4n) is 2.59. The molecule has 1 saturated heterocycles. The monoisotopic (exact) mass is 341 g/mol. The molecule has 0 unspecified atom stereocenters. The first-order valence-corrected chi connectivity index (χ1v) is 8.50. The molecule has 1 heterocycles. The van der Waals surface area contributed by atoms with Gasteiger partial charge in [0.15, 0.2) is 0 Å². The molecule has 5 heteroatoms. The van der Waals surface area contributed by atoms with Crippen molar-refractivity contribution < 1.29 is 0 Å². The second kappa shape index (κ2) is 7.62. The fourth-order valence-corrected chi connectivity index (χ4v) is 2.98. The van der Waals surface area contributed by atoms with Crippen molar-refractivity contribution in [2.75, 3.05) is 31.1 Å². The maximum atomic E-state index is 5.11. The van der Waals surface area contributed by atoms with Crippen LogP contribution >= 0.6 is 24.8 Å². The maximum absolute atomic E-state index is 5.11. The SMILES string of the molecule is S=C(S)N1CCN(c2ccc(N=Cc3ccccc3)cc2)CC1. The molecular formula is C18H19N3S2. The number of anilines is 1. The molecule has 0 N–H and O–H groups in total. The van der Waals surface area contributed by atoms with Gasteiger partial charge in [-0.25, -0.2) is 0 Å². The number of piperazine rings is 1. The number of hydrogen-bond donors (Lipinski definition) is 1. The lowest BCUT2D eigenvalue weighted by Crippen LogP contribution is -2.47. The van der Waals surface area contributed by atoms with Crippen molar-refractivity contribution in [2.24, 2.45) is 4.99 Å². The molecule has 0 atom stereocenters. The zero-order valence-electron chi connectivity index (χ0n) is 12.8. The average molecular weight is 342 g/mol. The van der Waals surface area contributed by atoms with Crippen molar-refractivity contribution in [3.8, 4) is 0 Å². The minimum absolute atomic E-state index is 0.690. The van der Waals surface area contributed by atoms with Crippen molar-refractivity contribution in [1.82, 2.24) is 4.90 Å². The van der Waals surface area contributed by atoms with Crippen LogP contribution in [0.5, 0.6) is 0 Å². The van der Waals surface area contributed by atoms with Crippen LogP contribution in [0.15, 0.2) is 59.6 Å². The van der Waals surface area contributed by atoms with Crippen LogP contribution in [0.2, 0.25) is 0 Å². The average Bonchev–Trinajstić information content (AvgIpc) is 2.61. The van der Waals surface area contributed by atoms with Crippen LogP contribution in [0.4, 0.5) is 11.4 Å². The number of benzene rings is 2. The van der Waals surface area contributed by atoms with Crippen LogP contribution in [0.25, 0.3) is 0 Å². The van der Waals surface area contributed by atoms with E-state index in [1.54, 1.807) is 0 Å². The first kappa shape index (κ1) is 16.0. The van der Waals surface area contributed by atoms with E-state index in [1.165, 1.54) is 5.69 Å². The van der Waals surface area contributed by atoms with Gasteiger partial charge in [0.25, 0.3) is 0 Å². The lowest BCUT2D eigenvalue weighted by molar-refractivity contribution is 0.398. The van der Waals surface area contributed by atoms with Gasteiger partial charge in [-0.05, 0) is 29.8 Å². The Morgan fingerprint density at radius 2 is 1.61 bits per heavy atom. The van der Waals surface area contributed by atoms with Gasteiger partial charge in [0, 0.05) is 38.1 Å². The quantitative estimate of drug-likeness (QED) is 0.521. The van der Waals surface area contributed by atoms with Gasteiger partial charge in [-0.1, -0.05) is 42.5 Å². The molecule has 1 aliphatic heterocycles. The van der Waals surface area contributed by atoms with Crippen LogP contribution < -0.4 is 4.90 Å². The van der Waals surface area contributed by atoms with E-state index in [1.807, 2.05) is 36.5 Å². The molecule has 0 spiro atoms. The number of thiol groups is 1. The summed E-state index contributed by atoms with van der Waals surface area (Å²) in [6, 6.07) is 18.5. The Morgan fingerprint density at radius 1 is 0.957 bits per heavy atom. The van der Waals surface area contributed by atoms with Gasteiger partial charge in [-0.15, -0.1) is 12.6 Å².